The van der Waals surface area contributed by atoms with Gasteiger partial charge < -0.3 is 24.8 Å². The minimum Gasteiger partial charge on any atom is -0.465 e. The van der Waals surface area contributed by atoms with Gasteiger partial charge >= 0.3 is 19.8 Å². The topological polar surface area (TPSA) is 173 Å². The van der Waals surface area contributed by atoms with Crippen molar-refractivity contribution in [1.82, 2.24) is 24.6 Å². The second kappa shape index (κ2) is 24.5. The molecule has 0 saturated carbocycles. The Kier molecular flexibility index (Phi) is 19.3. The van der Waals surface area contributed by atoms with Gasteiger partial charge in [-0.15, -0.1) is 6.42 Å². The van der Waals surface area contributed by atoms with Crippen LogP contribution in [0.3, 0.4) is 0 Å². The Morgan fingerprint density at radius 1 is 0.937 bits per heavy atom. The number of fused-ring (bicyclic) bond motifs is 1. The van der Waals surface area contributed by atoms with Crippen molar-refractivity contribution in [2.24, 2.45) is 0 Å². The summed E-state index contributed by atoms with van der Waals surface area (Å²) in [5.41, 5.74) is 1.36. The van der Waals surface area contributed by atoms with Crippen LogP contribution >= 0.6 is 7.75 Å². The number of anilines is 1. The highest BCUT2D eigenvalue weighted by Crippen LogP contribution is 2.49. The second-order valence-electron chi connectivity index (χ2n) is 16.2. The van der Waals surface area contributed by atoms with Crippen LogP contribution in [-0.4, -0.2) is 62.1 Å². The second-order valence-corrected chi connectivity index (χ2v) is 17.9. The molecule has 4 aromatic rings. The molecule has 4 atom stereocenters. The molecular weight excluding hydrogens is 837 g/mol. The first-order valence-electron chi connectivity index (χ1n) is 22.3. The molecule has 1 aliphatic rings. The summed E-state index contributed by atoms with van der Waals surface area (Å²) in [6, 6.07) is 9.14. The summed E-state index contributed by atoms with van der Waals surface area (Å²) >= 11 is 0. The number of nitrogens with zero attached hydrogens (tertiary/aromatic N) is 4. The fraction of sp³-hybridized carbons (Fsp3) is 0.565. The molecule has 1 saturated heterocycles. The first-order chi connectivity index (χ1) is 30.4. The van der Waals surface area contributed by atoms with Gasteiger partial charge in [-0.25, -0.2) is 18.3 Å². The number of esters is 1. The molecule has 1 aliphatic heterocycles. The number of hydrogen-bond donors (Lipinski definition) is 3. The monoisotopic (exact) mass is 898 g/mol. The standard InChI is InChI=1S/C46H62F3N6O7P/c1-3-5-6-7-8-9-10-11-12-13-14-15-16-17-18-19-23-27-59-43(56)39(31-35-29-36(47)32-37(48)30-35)54-63(58,62-38-24-21-20-22-25-38)61-33-45(4-2)46(57,26-28-60-45)55-34-51-40-41(50)52-44(49)53-42(40)55/h2,20-22,24-25,29-30,32,34,39,57H,3,5-19,23,26-28,31,33H2,1H3,(H,54,58)(H2,50,52,53)/t39-,45+,46-,63-/m0/s1. The lowest BCUT2D eigenvalue weighted by Crippen LogP contribution is -2.54. The number of halogens is 3. The highest BCUT2D eigenvalue weighted by Gasteiger charge is 2.59. The Balaban J connectivity index is 1.20. The van der Waals surface area contributed by atoms with E-state index in [9.17, 15) is 27.6 Å². The van der Waals surface area contributed by atoms with Gasteiger partial charge in [0.1, 0.15) is 30.0 Å². The molecule has 0 radical (unpaired) electrons. The summed E-state index contributed by atoms with van der Waals surface area (Å²) in [5.74, 6) is -0.468. The number of aliphatic hydroxyl groups is 1. The van der Waals surface area contributed by atoms with E-state index < -0.39 is 55.4 Å². The smallest absolute Gasteiger partial charge is 0.459 e. The molecule has 63 heavy (non-hydrogen) atoms. The molecule has 13 nitrogen and oxygen atoms in total. The highest BCUT2D eigenvalue weighted by molar-refractivity contribution is 7.52. The van der Waals surface area contributed by atoms with Crippen molar-refractivity contribution in [2.45, 2.75) is 146 Å². The lowest BCUT2D eigenvalue weighted by Gasteiger charge is -2.38. The van der Waals surface area contributed by atoms with Crippen LogP contribution in [0.5, 0.6) is 5.75 Å². The van der Waals surface area contributed by atoms with Crippen LogP contribution in [0, 0.1) is 30.1 Å². The van der Waals surface area contributed by atoms with Crippen molar-refractivity contribution in [3.8, 4) is 18.1 Å². The molecule has 5 rings (SSSR count). The van der Waals surface area contributed by atoms with Crippen LogP contribution in [0.1, 0.15) is 128 Å². The minimum absolute atomic E-state index is 0.0201. The van der Waals surface area contributed by atoms with Crippen LogP contribution in [-0.2, 0) is 35.5 Å². The van der Waals surface area contributed by atoms with E-state index in [-0.39, 0.29) is 54.4 Å². The van der Waals surface area contributed by atoms with Gasteiger partial charge in [0.2, 0.25) is 0 Å². The summed E-state index contributed by atoms with van der Waals surface area (Å²) in [4.78, 5) is 25.1. The molecule has 2 aromatic carbocycles. The van der Waals surface area contributed by atoms with E-state index in [4.69, 9.17) is 30.7 Å². The van der Waals surface area contributed by atoms with E-state index in [2.05, 4.69) is 32.9 Å². The van der Waals surface area contributed by atoms with Crippen LogP contribution in [0.4, 0.5) is 19.0 Å². The molecule has 0 aliphatic carbocycles. The molecule has 1 fully saturated rings. The van der Waals surface area contributed by atoms with Crippen LogP contribution in [0.15, 0.2) is 54.9 Å². The van der Waals surface area contributed by atoms with Gasteiger partial charge in [0, 0.05) is 12.5 Å². The van der Waals surface area contributed by atoms with Crippen molar-refractivity contribution < 1.29 is 46.2 Å². The third-order valence-electron chi connectivity index (χ3n) is 11.3. The molecule has 4 N–H and O–H groups in total. The molecule has 0 amide bonds. The SMILES string of the molecule is C#C[C@]1(CO[P@@](=O)(N[C@@H](Cc2cc(F)cc(F)c2)C(=O)OCCCCCCCCCCCCCCCCCCC)Oc2ccccc2)OCC[C@@]1(O)n1cnc2c(N)nc(F)nc21. The Bertz CT molecular complexity index is 2120. The Labute approximate surface area is 368 Å². The van der Waals surface area contributed by atoms with Crippen molar-refractivity contribution in [2.75, 3.05) is 25.6 Å². The molecule has 2 aromatic heterocycles. The number of terminal acetylenes is 1. The highest BCUT2D eigenvalue weighted by atomic mass is 31.2. The summed E-state index contributed by atoms with van der Waals surface area (Å²) in [6.45, 7) is 1.33. The average Bonchev–Trinajstić information content (AvgIpc) is 3.84. The number of nitrogen functional groups attached to an aromatic ring is 1. The number of nitrogens with two attached hydrogens (primary N) is 1. The zero-order valence-corrected chi connectivity index (χ0v) is 37.1. The summed E-state index contributed by atoms with van der Waals surface area (Å²) in [6.07, 6.45) is 25.7. The zero-order valence-electron chi connectivity index (χ0n) is 36.3. The summed E-state index contributed by atoms with van der Waals surface area (Å²) in [7, 11) is -4.75. The zero-order chi connectivity index (χ0) is 45.1. The van der Waals surface area contributed by atoms with E-state index in [1.165, 1.54) is 89.2 Å². The van der Waals surface area contributed by atoms with Crippen molar-refractivity contribution >= 4 is 30.7 Å². The fourth-order valence-electron chi connectivity index (χ4n) is 7.84. The van der Waals surface area contributed by atoms with E-state index in [0.29, 0.717) is 12.5 Å². The molecule has 0 bridgehead atoms. The number of rotatable bonds is 29. The summed E-state index contributed by atoms with van der Waals surface area (Å²) in [5, 5.41) is 14.8. The number of unbranched alkanes of at least 4 members (excludes halogenated alkanes) is 16. The van der Waals surface area contributed by atoms with Crippen molar-refractivity contribution in [3.63, 3.8) is 0 Å². The Morgan fingerprint density at radius 2 is 1.52 bits per heavy atom. The van der Waals surface area contributed by atoms with E-state index in [1.54, 1.807) is 18.2 Å². The van der Waals surface area contributed by atoms with Gasteiger partial charge in [0.25, 0.3) is 0 Å². The number of imidazole rings is 1. The lowest BCUT2D eigenvalue weighted by atomic mass is 9.91. The fourth-order valence-corrected chi connectivity index (χ4v) is 9.35. The van der Waals surface area contributed by atoms with Gasteiger partial charge in [-0.05, 0) is 42.7 Å². The van der Waals surface area contributed by atoms with Gasteiger partial charge in [0.05, 0.1) is 19.5 Å². The predicted octanol–water partition coefficient (Wildman–Crippen LogP) is 9.86. The molecular formula is C46H62F3N6O7P. The maximum Gasteiger partial charge on any atom is 0.459 e. The quantitative estimate of drug-likeness (QED) is 0.0155. The van der Waals surface area contributed by atoms with Gasteiger partial charge in [-0.1, -0.05) is 134 Å². The average molecular weight is 899 g/mol. The third kappa shape index (κ3) is 14.2. The van der Waals surface area contributed by atoms with Crippen molar-refractivity contribution in [1.29, 1.82) is 0 Å². The number of hydrogen-bond acceptors (Lipinski definition) is 11. The normalized spacial score (nSPS) is 18.9. The molecule has 17 heteroatoms. The van der Waals surface area contributed by atoms with Gasteiger partial charge in [-0.3, -0.25) is 13.9 Å². The molecule has 0 spiro atoms. The van der Waals surface area contributed by atoms with Crippen LogP contribution < -0.4 is 15.3 Å². The maximum absolute atomic E-state index is 14.9. The number of nitrogens with one attached hydrogen (secondary N) is 1. The largest absolute Gasteiger partial charge is 0.465 e. The Hall–Kier alpha value is -4.52. The number of carbonyl (C=O) groups is 1. The molecule has 344 valence electrons. The van der Waals surface area contributed by atoms with Crippen LogP contribution in [0.2, 0.25) is 0 Å². The summed E-state index contributed by atoms with van der Waals surface area (Å²) < 4.78 is 82.4. The number of ether oxygens (including phenoxy) is 2. The number of aromatic nitrogens is 4. The Morgan fingerprint density at radius 3 is 2.11 bits per heavy atom. The minimum atomic E-state index is -4.75. The van der Waals surface area contributed by atoms with Crippen molar-refractivity contribution in [3.05, 3.63) is 78.1 Å². The predicted molar refractivity (Wildman–Crippen MR) is 235 cm³/mol. The molecule has 3 heterocycles. The number of benzene rings is 2. The first-order valence-corrected chi connectivity index (χ1v) is 23.8. The third-order valence-corrected chi connectivity index (χ3v) is 12.9. The first kappa shape index (κ1) is 49.5. The number of para-hydroxylation sites is 1. The molecule has 0 unspecified atom stereocenters. The van der Waals surface area contributed by atoms with E-state index in [1.807, 2.05) is 0 Å². The van der Waals surface area contributed by atoms with Gasteiger partial charge in [-0.2, -0.15) is 19.4 Å². The van der Waals surface area contributed by atoms with E-state index >= 15 is 0 Å². The lowest BCUT2D eigenvalue weighted by molar-refractivity contribution is -0.150. The van der Waals surface area contributed by atoms with E-state index in [0.717, 1.165) is 48.7 Å². The maximum atomic E-state index is 14.9. The van der Waals surface area contributed by atoms with Gasteiger partial charge in [0.15, 0.2) is 28.3 Å². The van der Waals surface area contributed by atoms with Crippen LogP contribution in [0.25, 0.3) is 11.2 Å². The number of carbonyl (C=O) groups excluding carboxylic acids is 1.